The Morgan fingerprint density at radius 2 is 1.06 bits per heavy atom. The zero-order chi connectivity index (χ0) is 14.0. The molecule has 18 heavy (non-hydrogen) atoms. The summed E-state index contributed by atoms with van der Waals surface area (Å²) in [5.41, 5.74) is -1.31. The molecule has 0 bridgehead atoms. The minimum Gasteiger partial charge on any atom is -0.200 e. The van der Waals surface area contributed by atoms with Gasteiger partial charge in [0.05, 0.1) is 0 Å². The van der Waals surface area contributed by atoms with Crippen molar-refractivity contribution in [3.63, 3.8) is 0 Å². The van der Waals surface area contributed by atoms with E-state index in [1.807, 2.05) is 0 Å². The van der Waals surface area contributed by atoms with Crippen molar-refractivity contribution in [1.29, 1.82) is 0 Å². The smallest absolute Gasteiger partial charge is 0.200 e. The summed E-state index contributed by atoms with van der Waals surface area (Å²) in [6.45, 7) is 2.45. The summed E-state index contributed by atoms with van der Waals surface area (Å²) in [5.74, 6) is -3.69. The van der Waals surface area contributed by atoms with Crippen molar-refractivity contribution in [3.8, 4) is 0 Å². The second kappa shape index (κ2) is 5.29. The maximum atomic E-state index is 13.1. The van der Waals surface area contributed by atoms with Gasteiger partial charge in [0.15, 0.2) is 11.7 Å². The van der Waals surface area contributed by atoms with Gasteiger partial charge in [0.25, 0.3) is 0 Å². The van der Waals surface area contributed by atoms with Gasteiger partial charge in [-0.2, -0.15) is 17.6 Å². The highest BCUT2D eigenvalue weighted by Gasteiger charge is 2.19. The van der Waals surface area contributed by atoms with Crippen molar-refractivity contribution in [1.82, 2.24) is 0 Å². The number of rotatable bonds is 2. The highest BCUT2D eigenvalue weighted by atomic mass is 19.3. The van der Waals surface area contributed by atoms with Crippen LogP contribution in [0.1, 0.15) is 22.3 Å². The Hall–Kier alpha value is -1.72. The zero-order valence-electron chi connectivity index (χ0n) is 9.42. The third-order valence-electron chi connectivity index (χ3n) is 2.36. The molecule has 0 aromatic heterocycles. The molecule has 0 saturated heterocycles. The fourth-order valence-corrected chi connectivity index (χ4v) is 1.52. The summed E-state index contributed by atoms with van der Waals surface area (Å²) >= 11 is 0. The van der Waals surface area contributed by atoms with E-state index < -0.39 is 34.9 Å². The molecule has 1 aromatic rings. The first-order valence-corrected chi connectivity index (χ1v) is 4.79. The normalized spacial score (nSPS) is 10.2. The lowest BCUT2D eigenvalue weighted by molar-refractivity contribution is 0.410. The molecule has 0 unspecified atom stereocenters. The summed E-state index contributed by atoms with van der Waals surface area (Å²) < 4.78 is 75.0. The van der Waals surface area contributed by atoms with Gasteiger partial charge in [0.2, 0.25) is 0 Å². The van der Waals surface area contributed by atoms with Crippen LogP contribution in [0.2, 0.25) is 0 Å². The molecule has 0 saturated carbocycles. The highest BCUT2D eigenvalue weighted by Crippen LogP contribution is 2.33. The first-order chi connectivity index (χ1) is 8.25. The lowest BCUT2D eigenvalue weighted by Crippen LogP contribution is -1.95. The summed E-state index contributed by atoms with van der Waals surface area (Å²) in [6.07, 6.45) is -5.17. The van der Waals surface area contributed by atoms with E-state index in [9.17, 15) is 26.3 Å². The minimum absolute atomic E-state index is 0.193. The Morgan fingerprint density at radius 3 is 1.33 bits per heavy atom. The topological polar surface area (TPSA) is 0 Å². The maximum Gasteiger partial charge on any atom is 0.306 e. The Morgan fingerprint density at radius 1 is 0.722 bits per heavy atom. The highest BCUT2D eigenvalue weighted by molar-refractivity contribution is 5.72. The number of hydrogen-bond acceptors (Lipinski definition) is 0. The Labute approximate surface area is 99.2 Å². The minimum atomic E-state index is -2.58. The van der Waals surface area contributed by atoms with E-state index >= 15 is 0 Å². The van der Waals surface area contributed by atoms with Gasteiger partial charge in [-0.15, -0.1) is 0 Å². The van der Waals surface area contributed by atoms with Gasteiger partial charge in [0.1, 0.15) is 0 Å². The lowest BCUT2D eigenvalue weighted by atomic mass is 9.98. The van der Waals surface area contributed by atoms with Crippen LogP contribution in [-0.2, 0) is 0 Å². The molecule has 0 N–H and O–H groups in total. The van der Waals surface area contributed by atoms with E-state index in [0.29, 0.717) is 0 Å². The monoisotopic (exact) mass is 266 g/mol. The van der Waals surface area contributed by atoms with Crippen molar-refractivity contribution in [2.24, 2.45) is 0 Å². The average molecular weight is 266 g/mol. The number of aryl methyl sites for hydroxylation is 1. The number of hydrogen-bond donors (Lipinski definition) is 0. The van der Waals surface area contributed by atoms with Gasteiger partial charge >= 0.3 is 12.2 Å². The van der Waals surface area contributed by atoms with Gasteiger partial charge in [0, 0.05) is 11.1 Å². The van der Waals surface area contributed by atoms with Crippen molar-refractivity contribution >= 4 is 11.7 Å². The molecule has 98 valence electrons. The summed E-state index contributed by atoms with van der Waals surface area (Å²) in [5, 5.41) is 0. The SMILES string of the molecule is Cc1cc(C(F)=C(F)F)c(C)c(C(F)=C(F)F)c1. The van der Waals surface area contributed by atoms with Crippen LogP contribution in [0.5, 0.6) is 0 Å². The van der Waals surface area contributed by atoms with Crippen LogP contribution in [0.3, 0.4) is 0 Å². The fourth-order valence-electron chi connectivity index (χ4n) is 1.52. The summed E-state index contributed by atoms with van der Waals surface area (Å²) in [7, 11) is 0. The van der Waals surface area contributed by atoms with Crippen molar-refractivity contribution in [3.05, 3.63) is 46.5 Å². The molecule has 0 aliphatic rings. The zero-order valence-corrected chi connectivity index (χ0v) is 9.42. The molecule has 0 spiro atoms. The molecule has 0 atom stereocenters. The van der Waals surface area contributed by atoms with E-state index in [1.54, 1.807) is 0 Å². The molecule has 1 aromatic carbocycles. The first kappa shape index (κ1) is 14.3. The average Bonchev–Trinajstić information content (AvgIpc) is 2.29. The van der Waals surface area contributed by atoms with Crippen molar-refractivity contribution in [2.75, 3.05) is 0 Å². The second-order valence-corrected chi connectivity index (χ2v) is 3.63. The van der Waals surface area contributed by atoms with Crippen LogP contribution < -0.4 is 0 Å². The van der Waals surface area contributed by atoms with Crippen LogP contribution in [0.25, 0.3) is 11.7 Å². The molecule has 0 aliphatic heterocycles. The predicted molar refractivity (Wildman–Crippen MR) is 56.4 cm³/mol. The maximum absolute atomic E-state index is 13.1. The largest absolute Gasteiger partial charge is 0.306 e. The molecule has 0 heterocycles. The fraction of sp³-hybridized carbons (Fsp3) is 0.167. The van der Waals surface area contributed by atoms with E-state index in [0.717, 1.165) is 19.1 Å². The van der Waals surface area contributed by atoms with E-state index in [4.69, 9.17) is 0 Å². The molecule has 0 fully saturated rings. The molecule has 0 aliphatic carbocycles. The van der Waals surface area contributed by atoms with Crippen LogP contribution in [0.4, 0.5) is 26.3 Å². The van der Waals surface area contributed by atoms with Gasteiger partial charge in [-0.25, -0.2) is 8.78 Å². The Balaban J connectivity index is 3.61. The van der Waals surface area contributed by atoms with E-state index in [1.165, 1.54) is 6.92 Å². The third-order valence-corrected chi connectivity index (χ3v) is 2.36. The molecule has 0 amide bonds. The van der Waals surface area contributed by atoms with Crippen molar-refractivity contribution < 1.29 is 26.3 Å². The van der Waals surface area contributed by atoms with Crippen molar-refractivity contribution in [2.45, 2.75) is 13.8 Å². The van der Waals surface area contributed by atoms with Gasteiger partial charge < -0.3 is 0 Å². The van der Waals surface area contributed by atoms with Gasteiger partial charge in [-0.05, 0) is 37.1 Å². The second-order valence-electron chi connectivity index (χ2n) is 3.63. The van der Waals surface area contributed by atoms with Crippen LogP contribution in [0, 0.1) is 13.8 Å². The van der Waals surface area contributed by atoms with Gasteiger partial charge in [-0.3, -0.25) is 0 Å². The first-order valence-electron chi connectivity index (χ1n) is 4.79. The Bertz CT molecular complexity index is 488. The Kier molecular flexibility index (Phi) is 4.21. The molecule has 1 rings (SSSR count). The van der Waals surface area contributed by atoms with Crippen LogP contribution in [0.15, 0.2) is 24.3 Å². The van der Waals surface area contributed by atoms with Gasteiger partial charge in [-0.1, -0.05) is 0 Å². The van der Waals surface area contributed by atoms with E-state index in [2.05, 4.69) is 0 Å². The van der Waals surface area contributed by atoms with Crippen LogP contribution >= 0.6 is 0 Å². The molecular formula is C12H8F6. The van der Waals surface area contributed by atoms with Crippen LogP contribution in [-0.4, -0.2) is 0 Å². The third kappa shape index (κ3) is 2.75. The summed E-state index contributed by atoms with van der Waals surface area (Å²) in [4.78, 5) is 0. The molecule has 0 nitrogen and oxygen atoms in total. The lowest BCUT2D eigenvalue weighted by Gasteiger charge is -2.10. The quantitative estimate of drug-likeness (QED) is 0.631. The number of benzene rings is 1. The standard InChI is InChI=1S/C12H8F6/c1-5-3-7(9(13)11(15)16)6(2)8(4-5)10(14)12(17)18/h3-4H,1-2H3. The summed E-state index contributed by atoms with van der Waals surface area (Å²) in [6, 6.07) is 2.08. The predicted octanol–water partition coefficient (Wildman–Crippen LogP) is 5.37. The van der Waals surface area contributed by atoms with E-state index in [-0.39, 0.29) is 11.1 Å². The molecule has 0 radical (unpaired) electrons. The molecular weight excluding hydrogens is 258 g/mol. The molecule has 6 heteroatoms. The number of halogens is 6.